The van der Waals surface area contributed by atoms with E-state index in [1.165, 1.54) is 13.8 Å². The van der Waals surface area contributed by atoms with Gasteiger partial charge in [0.25, 0.3) is 0 Å². The van der Waals surface area contributed by atoms with E-state index >= 15 is 0 Å². The Hall–Kier alpha value is -2.21. The van der Waals surface area contributed by atoms with Crippen LogP contribution in [0.4, 0.5) is 5.69 Å². The molecule has 24 heavy (non-hydrogen) atoms. The minimum absolute atomic E-state index is 0.0473. The van der Waals surface area contributed by atoms with E-state index in [-0.39, 0.29) is 24.0 Å². The molecule has 1 fully saturated rings. The van der Waals surface area contributed by atoms with Crippen LogP contribution < -0.4 is 4.90 Å². The van der Waals surface area contributed by atoms with Gasteiger partial charge in [-0.2, -0.15) is 0 Å². The third-order valence-electron chi connectivity index (χ3n) is 4.35. The lowest BCUT2D eigenvalue weighted by Gasteiger charge is -2.33. The van der Waals surface area contributed by atoms with E-state index in [1.54, 1.807) is 29.2 Å². The van der Waals surface area contributed by atoms with Crippen molar-refractivity contribution in [3.63, 3.8) is 0 Å². The Morgan fingerprint density at radius 2 is 1.75 bits per heavy atom. The summed E-state index contributed by atoms with van der Waals surface area (Å²) in [4.78, 5) is 41.4. The van der Waals surface area contributed by atoms with E-state index in [2.05, 4.69) is 4.90 Å². The summed E-state index contributed by atoms with van der Waals surface area (Å²) in [6, 6.07) is 6.96. The first-order valence-electron chi connectivity index (χ1n) is 8.24. The summed E-state index contributed by atoms with van der Waals surface area (Å²) in [5.74, 6) is -0.118. The number of hydrogen-bond acceptors (Lipinski definition) is 4. The van der Waals surface area contributed by atoms with Crippen LogP contribution in [0, 0.1) is 0 Å². The Morgan fingerprint density at radius 1 is 1.08 bits per heavy atom. The van der Waals surface area contributed by atoms with Crippen molar-refractivity contribution < 1.29 is 14.4 Å². The number of carbonyl (C=O) groups excluding carboxylic acids is 3. The lowest BCUT2D eigenvalue weighted by atomic mass is 10.1. The third kappa shape index (κ3) is 4.64. The van der Waals surface area contributed by atoms with Gasteiger partial charge in [-0.25, -0.2) is 0 Å². The molecule has 6 nitrogen and oxygen atoms in total. The van der Waals surface area contributed by atoms with Gasteiger partial charge in [-0.15, -0.1) is 0 Å². The van der Waals surface area contributed by atoms with Crippen LogP contribution in [0.3, 0.4) is 0 Å². The quantitative estimate of drug-likeness (QED) is 0.766. The van der Waals surface area contributed by atoms with Gasteiger partial charge in [-0.3, -0.25) is 14.4 Å². The molecule has 0 radical (unpaired) electrons. The van der Waals surface area contributed by atoms with Crippen LogP contribution >= 0.6 is 0 Å². The number of benzene rings is 1. The summed E-state index contributed by atoms with van der Waals surface area (Å²) in [7, 11) is 2.04. The highest BCUT2D eigenvalue weighted by atomic mass is 16.2. The molecule has 2 rings (SSSR count). The minimum Gasteiger partial charge on any atom is -0.340 e. The van der Waals surface area contributed by atoms with Crippen molar-refractivity contribution in [3.05, 3.63) is 29.8 Å². The third-order valence-corrected chi connectivity index (χ3v) is 4.35. The Labute approximate surface area is 143 Å². The highest BCUT2D eigenvalue weighted by Crippen LogP contribution is 2.18. The molecule has 1 aromatic rings. The molecule has 0 unspecified atom stereocenters. The number of hydrogen-bond donors (Lipinski definition) is 0. The lowest BCUT2D eigenvalue weighted by Crippen LogP contribution is -2.47. The Bertz CT molecular complexity index is 622. The van der Waals surface area contributed by atoms with E-state index in [1.807, 2.05) is 11.9 Å². The monoisotopic (exact) mass is 331 g/mol. The van der Waals surface area contributed by atoms with Crippen LogP contribution in [0.25, 0.3) is 0 Å². The zero-order valence-electron chi connectivity index (χ0n) is 14.6. The Kier molecular flexibility index (Phi) is 6.09. The van der Waals surface area contributed by atoms with E-state index < -0.39 is 0 Å². The smallest absolute Gasteiger partial charge is 0.224 e. The summed E-state index contributed by atoms with van der Waals surface area (Å²) >= 11 is 0. The molecule has 6 heteroatoms. The molecule has 130 valence electrons. The molecule has 2 amide bonds. The zero-order valence-corrected chi connectivity index (χ0v) is 14.6. The number of likely N-dealkylation sites (N-methyl/N-ethyl adjacent to an activating group) is 1. The second-order valence-corrected chi connectivity index (χ2v) is 6.21. The summed E-state index contributed by atoms with van der Waals surface area (Å²) in [6.07, 6.45) is 0.285. The highest BCUT2D eigenvalue weighted by molar-refractivity contribution is 5.97. The number of amides is 2. The molecule has 0 N–H and O–H groups in total. The molecule has 0 saturated carbocycles. The first-order valence-corrected chi connectivity index (χ1v) is 8.24. The fourth-order valence-corrected chi connectivity index (χ4v) is 2.78. The van der Waals surface area contributed by atoms with Crippen LogP contribution in [-0.2, 0) is 9.59 Å². The Morgan fingerprint density at radius 3 is 2.33 bits per heavy atom. The van der Waals surface area contributed by atoms with Crippen molar-refractivity contribution in [1.82, 2.24) is 9.80 Å². The number of carbonyl (C=O) groups is 3. The highest BCUT2D eigenvalue weighted by Gasteiger charge is 2.21. The van der Waals surface area contributed by atoms with Gasteiger partial charge in [0, 0.05) is 57.3 Å². The standard InChI is InChI=1S/C18H25N3O3/c1-14(22)16-5-4-6-17(13-16)21(15(2)23)8-7-18(24)20-11-9-19(3)10-12-20/h4-6,13H,7-12H2,1-3H3. The van der Waals surface area contributed by atoms with E-state index in [0.29, 0.717) is 17.8 Å². The maximum atomic E-state index is 12.4. The van der Waals surface area contributed by atoms with Crippen molar-refractivity contribution in [2.45, 2.75) is 20.3 Å². The van der Waals surface area contributed by atoms with Gasteiger partial charge in [0.2, 0.25) is 11.8 Å². The molecule has 1 saturated heterocycles. The number of Topliss-reactive ketones (excluding diaryl/α,β-unsaturated/α-hetero) is 1. The number of nitrogens with zero attached hydrogens (tertiary/aromatic N) is 3. The maximum Gasteiger partial charge on any atom is 0.224 e. The van der Waals surface area contributed by atoms with E-state index in [0.717, 1.165) is 26.2 Å². The van der Waals surface area contributed by atoms with Crippen molar-refractivity contribution in [3.8, 4) is 0 Å². The van der Waals surface area contributed by atoms with Gasteiger partial charge in [-0.05, 0) is 26.1 Å². The summed E-state index contributed by atoms with van der Waals surface area (Å²) in [5.41, 5.74) is 1.21. The second-order valence-electron chi connectivity index (χ2n) is 6.21. The van der Waals surface area contributed by atoms with Crippen LogP contribution in [0.1, 0.15) is 30.6 Å². The number of ketones is 1. The molecule has 1 aromatic carbocycles. The number of rotatable bonds is 5. The van der Waals surface area contributed by atoms with Crippen molar-refractivity contribution in [2.75, 3.05) is 44.7 Å². The van der Waals surface area contributed by atoms with Gasteiger partial charge in [0.1, 0.15) is 0 Å². The molecule has 0 aliphatic carbocycles. The first-order chi connectivity index (χ1) is 11.4. The van der Waals surface area contributed by atoms with Gasteiger partial charge in [0.05, 0.1) is 0 Å². The Balaban J connectivity index is 2.01. The molecule has 0 spiro atoms. The van der Waals surface area contributed by atoms with Crippen LogP contribution in [0.2, 0.25) is 0 Å². The molecule has 0 aromatic heterocycles. The largest absolute Gasteiger partial charge is 0.340 e. The summed E-state index contributed by atoms with van der Waals surface area (Å²) in [5, 5.41) is 0. The number of anilines is 1. The molecule has 1 heterocycles. The molecule has 0 bridgehead atoms. The fourth-order valence-electron chi connectivity index (χ4n) is 2.78. The van der Waals surface area contributed by atoms with Crippen molar-refractivity contribution in [1.29, 1.82) is 0 Å². The molecular weight excluding hydrogens is 306 g/mol. The van der Waals surface area contributed by atoms with Gasteiger partial charge < -0.3 is 14.7 Å². The number of piperazine rings is 1. The average Bonchev–Trinajstić information content (AvgIpc) is 2.55. The molecule has 1 aliphatic rings. The zero-order chi connectivity index (χ0) is 17.7. The van der Waals surface area contributed by atoms with Crippen LogP contribution in [0.15, 0.2) is 24.3 Å². The maximum absolute atomic E-state index is 12.4. The van der Waals surface area contributed by atoms with E-state index in [9.17, 15) is 14.4 Å². The lowest BCUT2D eigenvalue weighted by molar-refractivity contribution is -0.132. The van der Waals surface area contributed by atoms with E-state index in [4.69, 9.17) is 0 Å². The van der Waals surface area contributed by atoms with Crippen LogP contribution in [0.5, 0.6) is 0 Å². The van der Waals surface area contributed by atoms with Gasteiger partial charge in [0.15, 0.2) is 5.78 Å². The SMILES string of the molecule is CC(=O)c1cccc(N(CCC(=O)N2CCN(C)CC2)C(C)=O)c1. The average molecular weight is 331 g/mol. The normalized spacial score (nSPS) is 15.2. The van der Waals surface area contributed by atoms with Crippen molar-refractivity contribution in [2.24, 2.45) is 0 Å². The molecular formula is C18H25N3O3. The fraction of sp³-hybridized carbons (Fsp3) is 0.500. The predicted molar refractivity (Wildman–Crippen MR) is 93.2 cm³/mol. The first kappa shape index (κ1) is 18.1. The second kappa shape index (κ2) is 8.06. The minimum atomic E-state index is -0.137. The predicted octanol–water partition coefficient (Wildman–Crippen LogP) is 1.41. The van der Waals surface area contributed by atoms with Crippen molar-refractivity contribution >= 4 is 23.3 Å². The van der Waals surface area contributed by atoms with Crippen LogP contribution in [-0.4, -0.2) is 67.2 Å². The van der Waals surface area contributed by atoms with Gasteiger partial charge >= 0.3 is 0 Å². The molecule has 0 atom stereocenters. The van der Waals surface area contributed by atoms with Gasteiger partial charge in [-0.1, -0.05) is 12.1 Å². The topological polar surface area (TPSA) is 60.9 Å². The summed E-state index contributed by atoms with van der Waals surface area (Å²) < 4.78 is 0. The summed E-state index contributed by atoms with van der Waals surface area (Å²) in [6.45, 7) is 6.51. The molecule has 1 aliphatic heterocycles.